The molecule has 1 aromatic rings. The van der Waals surface area contributed by atoms with E-state index in [0.29, 0.717) is 10.9 Å². The molecule has 2 N–H and O–H groups in total. The monoisotopic (exact) mass is 459 g/mol. The molecule has 0 bridgehead atoms. The summed E-state index contributed by atoms with van der Waals surface area (Å²) in [4.78, 5) is 2.24. The van der Waals surface area contributed by atoms with Crippen LogP contribution in [0, 0.1) is 11.3 Å². The molecule has 0 unspecified atom stereocenters. The van der Waals surface area contributed by atoms with Gasteiger partial charge in [-0.05, 0) is 28.1 Å². The van der Waals surface area contributed by atoms with Gasteiger partial charge in [0.1, 0.15) is 5.75 Å². The molecule has 0 spiro atoms. The van der Waals surface area contributed by atoms with Gasteiger partial charge in [-0.25, -0.2) is 0 Å². The Morgan fingerprint density at radius 3 is 2.48 bits per heavy atom. The second-order valence-electron chi connectivity index (χ2n) is 4.49. The van der Waals surface area contributed by atoms with Gasteiger partial charge in [0.25, 0.3) is 0 Å². The molecule has 1 aromatic carbocycles. The Labute approximate surface area is 154 Å². The van der Waals surface area contributed by atoms with Gasteiger partial charge < -0.3 is 10.4 Å². The lowest BCUT2D eigenvalue weighted by atomic mass is 10.0. The Balaban J connectivity index is 0.00000200. The van der Waals surface area contributed by atoms with E-state index in [0.717, 1.165) is 36.2 Å². The normalized spacial score (nSPS) is 16.2. The van der Waals surface area contributed by atoms with Gasteiger partial charge in [-0.3, -0.25) is 4.90 Å². The summed E-state index contributed by atoms with van der Waals surface area (Å²) >= 11 is 6.78. The highest BCUT2D eigenvalue weighted by atomic mass is 79.9. The number of hydrogen-bond acceptors (Lipinski definition) is 4. The molecule has 2 rings (SSSR count). The molecule has 1 atom stereocenters. The van der Waals surface area contributed by atoms with Crippen molar-refractivity contribution in [1.82, 2.24) is 10.2 Å². The van der Waals surface area contributed by atoms with E-state index in [1.807, 2.05) is 6.07 Å². The molecule has 1 saturated heterocycles. The van der Waals surface area contributed by atoms with Crippen LogP contribution in [0.3, 0.4) is 0 Å². The molecular formula is C13H17Br2Cl2N3O. The fraction of sp³-hybridized carbons (Fsp3) is 0.462. The van der Waals surface area contributed by atoms with Crippen LogP contribution < -0.4 is 5.32 Å². The predicted octanol–water partition coefficient (Wildman–Crippen LogP) is 3.62. The molecule has 8 heteroatoms. The number of phenols is 1. The Bertz CT molecular complexity index is 505. The average molecular weight is 462 g/mol. The van der Waals surface area contributed by atoms with E-state index in [1.54, 1.807) is 6.07 Å². The molecule has 1 aliphatic heterocycles. The first-order chi connectivity index (χ1) is 9.13. The van der Waals surface area contributed by atoms with E-state index < -0.39 is 0 Å². The zero-order valence-corrected chi connectivity index (χ0v) is 16.0. The number of nitriles is 1. The molecule has 0 radical (unpaired) electrons. The van der Waals surface area contributed by atoms with Crippen LogP contribution in [0.1, 0.15) is 18.0 Å². The van der Waals surface area contributed by atoms with Crippen molar-refractivity contribution >= 4 is 56.7 Å². The number of phenolic OH excluding ortho intramolecular Hbond substituents is 1. The first-order valence-corrected chi connectivity index (χ1v) is 7.71. The van der Waals surface area contributed by atoms with Crippen molar-refractivity contribution < 1.29 is 5.11 Å². The minimum absolute atomic E-state index is 0. The fourth-order valence-electron chi connectivity index (χ4n) is 2.36. The first kappa shape index (κ1) is 21.0. The molecular weight excluding hydrogens is 445 g/mol. The number of benzene rings is 1. The first-order valence-electron chi connectivity index (χ1n) is 6.13. The van der Waals surface area contributed by atoms with E-state index in [4.69, 9.17) is 5.26 Å². The Morgan fingerprint density at radius 2 is 1.90 bits per heavy atom. The average Bonchev–Trinajstić information content (AvgIpc) is 2.41. The van der Waals surface area contributed by atoms with Gasteiger partial charge in [0.2, 0.25) is 0 Å². The van der Waals surface area contributed by atoms with Crippen LogP contribution in [0.2, 0.25) is 0 Å². The maximum Gasteiger partial charge on any atom is 0.134 e. The van der Waals surface area contributed by atoms with Gasteiger partial charge in [0, 0.05) is 36.2 Å². The smallest absolute Gasteiger partial charge is 0.134 e. The number of hydrogen-bond donors (Lipinski definition) is 2. The summed E-state index contributed by atoms with van der Waals surface area (Å²) in [5.41, 5.74) is 0.796. The molecule has 1 heterocycles. The van der Waals surface area contributed by atoms with Gasteiger partial charge >= 0.3 is 0 Å². The van der Waals surface area contributed by atoms with Crippen LogP contribution in [0.15, 0.2) is 21.1 Å². The maximum atomic E-state index is 10.2. The Hall–Kier alpha value is -0.0300. The summed E-state index contributed by atoms with van der Waals surface area (Å²) in [6.07, 6.45) is 0.371. The van der Waals surface area contributed by atoms with Gasteiger partial charge in [0.05, 0.1) is 23.0 Å². The number of piperazine rings is 1. The van der Waals surface area contributed by atoms with Crippen molar-refractivity contribution in [2.75, 3.05) is 26.2 Å². The number of aromatic hydroxyl groups is 1. The molecule has 0 amide bonds. The molecule has 21 heavy (non-hydrogen) atoms. The molecule has 0 aliphatic carbocycles. The zero-order chi connectivity index (χ0) is 13.8. The van der Waals surface area contributed by atoms with Crippen LogP contribution in [-0.2, 0) is 0 Å². The third-order valence-electron chi connectivity index (χ3n) is 3.29. The van der Waals surface area contributed by atoms with E-state index >= 15 is 0 Å². The minimum Gasteiger partial charge on any atom is -0.506 e. The fourth-order valence-corrected chi connectivity index (χ4v) is 3.61. The summed E-state index contributed by atoms with van der Waals surface area (Å²) in [6.45, 7) is 3.60. The highest BCUT2D eigenvalue weighted by Gasteiger charge is 2.25. The van der Waals surface area contributed by atoms with Crippen LogP contribution in [-0.4, -0.2) is 36.2 Å². The lowest BCUT2D eigenvalue weighted by Crippen LogP contribution is -2.45. The third kappa shape index (κ3) is 5.27. The highest BCUT2D eigenvalue weighted by Crippen LogP contribution is 2.38. The molecule has 1 aliphatic rings. The van der Waals surface area contributed by atoms with Crippen molar-refractivity contribution in [2.24, 2.45) is 0 Å². The summed E-state index contributed by atoms with van der Waals surface area (Å²) < 4.78 is 1.54. The number of nitrogens with one attached hydrogen (secondary N) is 1. The van der Waals surface area contributed by atoms with Gasteiger partial charge in [-0.1, -0.05) is 15.9 Å². The Morgan fingerprint density at radius 1 is 1.29 bits per heavy atom. The predicted molar refractivity (Wildman–Crippen MR) is 95.4 cm³/mol. The molecule has 1 fully saturated rings. The van der Waals surface area contributed by atoms with Crippen molar-refractivity contribution in [3.05, 3.63) is 26.6 Å². The van der Waals surface area contributed by atoms with Crippen LogP contribution in [0.25, 0.3) is 0 Å². The summed E-state index contributed by atoms with van der Waals surface area (Å²) in [5, 5.41) is 22.6. The van der Waals surface area contributed by atoms with E-state index in [1.165, 1.54) is 0 Å². The maximum absolute atomic E-state index is 10.2. The topological polar surface area (TPSA) is 59.3 Å². The van der Waals surface area contributed by atoms with Crippen LogP contribution in [0.4, 0.5) is 0 Å². The van der Waals surface area contributed by atoms with Crippen molar-refractivity contribution in [3.8, 4) is 11.8 Å². The summed E-state index contributed by atoms with van der Waals surface area (Å²) in [7, 11) is 0. The lowest BCUT2D eigenvalue weighted by molar-refractivity contribution is 0.173. The van der Waals surface area contributed by atoms with E-state index in [9.17, 15) is 5.11 Å². The summed E-state index contributed by atoms with van der Waals surface area (Å²) in [5.74, 6) is 0.224. The number of halogens is 4. The van der Waals surface area contributed by atoms with Crippen molar-refractivity contribution in [2.45, 2.75) is 12.5 Å². The Kier molecular flexibility index (Phi) is 9.87. The number of rotatable bonds is 3. The van der Waals surface area contributed by atoms with E-state index in [-0.39, 0.29) is 36.6 Å². The summed E-state index contributed by atoms with van der Waals surface area (Å²) in [6, 6.07) is 5.86. The molecule has 0 aromatic heterocycles. The largest absolute Gasteiger partial charge is 0.506 e. The lowest BCUT2D eigenvalue weighted by Gasteiger charge is -2.34. The number of nitrogens with zero attached hydrogens (tertiary/aromatic N) is 2. The van der Waals surface area contributed by atoms with Gasteiger partial charge in [-0.15, -0.1) is 24.8 Å². The third-order valence-corrected chi connectivity index (χ3v) is 4.36. The molecule has 0 saturated carbocycles. The van der Waals surface area contributed by atoms with Crippen LogP contribution in [0.5, 0.6) is 5.75 Å². The van der Waals surface area contributed by atoms with Gasteiger partial charge in [-0.2, -0.15) is 5.26 Å². The zero-order valence-electron chi connectivity index (χ0n) is 11.2. The van der Waals surface area contributed by atoms with Crippen LogP contribution >= 0.6 is 56.7 Å². The van der Waals surface area contributed by atoms with Crippen molar-refractivity contribution in [1.29, 1.82) is 5.26 Å². The molecule has 4 nitrogen and oxygen atoms in total. The second-order valence-corrected chi connectivity index (χ2v) is 6.26. The van der Waals surface area contributed by atoms with E-state index in [2.05, 4.69) is 48.1 Å². The molecule has 118 valence electrons. The quantitative estimate of drug-likeness (QED) is 0.721. The highest BCUT2D eigenvalue weighted by molar-refractivity contribution is 9.11. The van der Waals surface area contributed by atoms with Gasteiger partial charge in [0.15, 0.2) is 0 Å². The second kappa shape index (κ2) is 9.88. The standard InChI is InChI=1S/C13H15Br2N3O.2ClH/c14-9-7-10(13(19)11(15)8-9)12(1-2-16)18-5-3-17-4-6-18;;/h7-8,12,17,19H,1,3-6H2;2*1H/t12-;;/m0../s1. The minimum atomic E-state index is -0.0686. The SMILES string of the molecule is Cl.Cl.N#CC[C@@H](c1cc(Br)cc(Br)c1O)N1CCNCC1. The van der Waals surface area contributed by atoms with Crippen molar-refractivity contribution in [3.63, 3.8) is 0 Å².